The standard InChI is InChI=1S/C42H50ClN13O6/c1-50-15-20-55(42(50)62)28-3-2-12-54(24-28)41-47-37(35(36(44)58)48-49-41)45-26-4-7-32(31(43)21-26)53-18-16-51(17-19-53)23-25-10-13-52(14-11-25)27-5-6-29-30(22-27)40(61)56(39(29)60)33-8-9-34(57)46-38(33)59/h4-7,21-22,25,28,33H,2-3,8-20,23-24H2,1H3,(H2,44,58)(H,45,47,49)(H,46,57,59)/t28-,33?/m1/s1. The minimum Gasteiger partial charge on any atom is -0.371 e. The van der Waals surface area contributed by atoms with Crippen LogP contribution in [0.4, 0.5) is 33.6 Å². The molecular weight excluding hydrogens is 818 g/mol. The van der Waals surface area contributed by atoms with Crippen molar-refractivity contribution in [2.24, 2.45) is 11.7 Å². The number of aromatic nitrogens is 3. The zero-order chi connectivity index (χ0) is 43.2. The van der Waals surface area contributed by atoms with E-state index in [9.17, 15) is 28.8 Å². The fourth-order valence-electron chi connectivity index (χ4n) is 9.65. The molecule has 7 amide bonds. The van der Waals surface area contributed by atoms with Gasteiger partial charge < -0.3 is 35.6 Å². The van der Waals surface area contributed by atoms with Crippen LogP contribution < -0.4 is 31.1 Å². The average Bonchev–Trinajstić information content (AvgIpc) is 3.73. The van der Waals surface area contributed by atoms with Crippen LogP contribution >= 0.6 is 11.6 Å². The SMILES string of the molecule is CN1CCN([C@@H]2CCCN(c3nnc(C(N)=O)c(Nc4ccc(N5CCN(CC6CCN(c7ccc8c(c7)C(=O)N(C7CCC(=O)NC7=O)C8=O)CC6)CC5)c(Cl)c4)n3)C2)C1=O. The summed E-state index contributed by atoms with van der Waals surface area (Å²) in [6, 6.07) is 10.0. The van der Waals surface area contributed by atoms with E-state index in [1.165, 1.54) is 0 Å². The topological polar surface area (TPSA) is 214 Å². The van der Waals surface area contributed by atoms with Gasteiger partial charge in [0.1, 0.15) is 6.04 Å². The summed E-state index contributed by atoms with van der Waals surface area (Å²) in [5.74, 6) is -1.72. The molecule has 3 aromatic rings. The number of nitrogens with zero attached hydrogens (tertiary/aromatic N) is 10. The molecule has 0 aliphatic carbocycles. The maximum Gasteiger partial charge on any atom is 0.320 e. The highest BCUT2D eigenvalue weighted by molar-refractivity contribution is 6.33. The molecule has 9 rings (SSSR count). The zero-order valence-electron chi connectivity index (χ0n) is 34.6. The van der Waals surface area contributed by atoms with Crippen LogP contribution in [0, 0.1) is 5.92 Å². The van der Waals surface area contributed by atoms with Crippen molar-refractivity contribution in [1.82, 2.24) is 40.1 Å². The molecule has 0 saturated carbocycles. The molecule has 7 heterocycles. The second-order valence-electron chi connectivity index (χ2n) is 17.0. The van der Waals surface area contributed by atoms with Crippen LogP contribution in [0.25, 0.3) is 0 Å². The molecule has 19 nitrogen and oxygen atoms in total. The molecule has 5 saturated heterocycles. The maximum absolute atomic E-state index is 13.4. The summed E-state index contributed by atoms with van der Waals surface area (Å²) in [6.07, 6.45) is 3.94. The summed E-state index contributed by atoms with van der Waals surface area (Å²) in [5, 5.41) is 14.4. The second kappa shape index (κ2) is 17.0. The molecule has 6 aliphatic rings. The zero-order valence-corrected chi connectivity index (χ0v) is 35.3. The minimum absolute atomic E-state index is 0.0261. The molecule has 0 radical (unpaired) electrons. The van der Waals surface area contributed by atoms with Crippen molar-refractivity contribution < 1.29 is 28.8 Å². The van der Waals surface area contributed by atoms with E-state index in [0.29, 0.717) is 54.3 Å². The molecule has 6 aliphatic heterocycles. The van der Waals surface area contributed by atoms with Crippen LogP contribution in [0.15, 0.2) is 36.4 Å². The number of fused-ring (bicyclic) bond motifs is 1. The number of hydrogen-bond donors (Lipinski definition) is 3. The van der Waals surface area contributed by atoms with E-state index >= 15 is 0 Å². The molecule has 0 spiro atoms. The average molecular weight is 868 g/mol. The summed E-state index contributed by atoms with van der Waals surface area (Å²) in [7, 11) is 1.81. The number of likely N-dealkylation sites (N-methyl/N-ethyl adjacent to an activating group) is 1. The quantitative estimate of drug-likeness (QED) is 0.249. The lowest BCUT2D eigenvalue weighted by Gasteiger charge is -2.40. The van der Waals surface area contributed by atoms with E-state index in [2.05, 4.69) is 40.5 Å². The number of nitrogens with one attached hydrogen (secondary N) is 2. The number of carbonyl (C=O) groups excluding carboxylic acids is 6. The Bertz CT molecular complexity index is 2320. The Labute approximate surface area is 363 Å². The first-order valence-corrected chi connectivity index (χ1v) is 21.7. The molecule has 20 heteroatoms. The van der Waals surface area contributed by atoms with Crippen molar-refractivity contribution in [3.63, 3.8) is 0 Å². The Kier molecular flexibility index (Phi) is 11.3. The van der Waals surface area contributed by atoms with Gasteiger partial charge in [-0.05, 0) is 74.4 Å². The predicted molar refractivity (Wildman–Crippen MR) is 230 cm³/mol. The van der Waals surface area contributed by atoms with Gasteiger partial charge in [-0.15, -0.1) is 10.2 Å². The first-order chi connectivity index (χ1) is 29.9. The fraction of sp³-hybridized carbons (Fsp3) is 0.500. The van der Waals surface area contributed by atoms with Gasteiger partial charge in [0.25, 0.3) is 17.7 Å². The number of piperidine rings is 3. The number of piperazine rings is 1. The normalized spacial score (nSPS) is 22.8. The molecule has 5 fully saturated rings. The van der Waals surface area contributed by atoms with Crippen molar-refractivity contribution in [3.8, 4) is 0 Å². The van der Waals surface area contributed by atoms with Crippen LogP contribution in [0.3, 0.4) is 0 Å². The molecule has 1 unspecified atom stereocenters. The number of benzene rings is 2. The van der Waals surface area contributed by atoms with Gasteiger partial charge in [-0.1, -0.05) is 11.6 Å². The maximum atomic E-state index is 13.4. The molecule has 62 heavy (non-hydrogen) atoms. The Morgan fingerprint density at radius 2 is 1.61 bits per heavy atom. The van der Waals surface area contributed by atoms with Gasteiger partial charge in [-0.25, -0.2) is 4.79 Å². The highest BCUT2D eigenvalue weighted by Gasteiger charge is 2.45. The first-order valence-electron chi connectivity index (χ1n) is 21.4. The lowest BCUT2D eigenvalue weighted by molar-refractivity contribution is -0.136. The number of carbonyl (C=O) groups is 6. The predicted octanol–water partition coefficient (Wildman–Crippen LogP) is 2.14. The Hall–Kier alpha value is -6.08. The van der Waals surface area contributed by atoms with E-state index in [-0.39, 0.29) is 42.0 Å². The Morgan fingerprint density at radius 1 is 0.839 bits per heavy atom. The molecule has 4 N–H and O–H groups in total. The number of imide groups is 2. The highest BCUT2D eigenvalue weighted by atomic mass is 35.5. The first kappa shape index (κ1) is 41.3. The third-order valence-electron chi connectivity index (χ3n) is 13.1. The number of rotatable bonds is 10. The summed E-state index contributed by atoms with van der Waals surface area (Å²) in [5.41, 5.74) is 8.59. The van der Waals surface area contributed by atoms with E-state index in [1.807, 2.05) is 35.0 Å². The van der Waals surface area contributed by atoms with Crippen LogP contribution in [-0.4, -0.2) is 161 Å². The van der Waals surface area contributed by atoms with Gasteiger partial charge in [0.15, 0.2) is 11.5 Å². The number of hydrogen-bond acceptors (Lipinski definition) is 14. The van der Waals surface area contributed by atoms with Crippen LogP contribution in [0.1, 0.15) is 69.7 Å². The van der Waals surface area contributed by atoms with Crippen LogP contribution in [0.2, 0.25) is 5.02 Å². The largest absolute Gasteiger partial charge is 0.371 e. The number of urea groups is 1. The van der Waals surface area contributed by atoms with Gasteiger partial charge in [0, 0.05) is 96.8 Å². The fourth-order valence-corrected chi connectivity index (χ4v) is 9.95. The van der Waals surface area contributed by atoms with Crippen LogP contribution in [-0.2, 0) is 9.59 Å². The molecule has 326 valence electrons. The Balaban J connectivity index is 0.768. The van der Waals surface area contributed by atoms with E-state index in [4.69, 9.17) is 17.3 Å². The van der Waals surface area contributed by atoms with Crippen molar-refractivity contribution in [3.05, 3.63) is 58.2 Å². The summed E-state index contributed by atoms with van der Waals surface area (Å²) >= 11 is 6.89. The monoisotopic (exact) mass is 867 g/mol. The van der Waals surface area contributed by atoms with Crippen molar-refractivity contribution in [1.29, 1.82) is 0 Å². The molecule has 2 atom stereocenters. The van der Waals surface area contributed by atoms with Gasteiger partial charge >= 0.3 is 6.03 Å². The summed E-state index contributed by atoms with van der Waals surface area (Å²) in [6.45, 7) is 8.66. The lowest BCUT2D eigenvalue weighted by atomic mass is 9.95. The lowest BCUT2D eigenvalue weighted by Crippen LogP contribution is -2.54. The van der Waals surface area contributed by atoms with E-state index < -0.39 is 35.6 Å². The smallest absolute Gasteiger partial charge is 0.320 e. The van der Waals surface area contributed by atoms with Crippen molar-refractivity contribution in [2.75, 3.05) is 99.1 Å². The van der Waals surface area contributed by atoms with Gasteiger partial charge in [0.2, 0.25) is 17.8 Å². The Morgan fingerprint density at radius 3 is 2.32 bits per heavy atom. The number of nitrogens with two attached hydrogens (primary N) is 1. The summed E-state index contributed by atoms with van der Waals surface area (Å²) in [4.78, 5) is 94.0. The summed E-state index contributed by atoms with van der Waals surface area (Å²) < 4.78 is 0. The van der Waals surface area contributed by atoms with Crippen molar-refractivity contribution in [2.45, 2.75) is 50.6 Å². The van der Waals surface area contributed by atoms with Gasteiger partial charge in [-0.3, -0.25) is 39.1 Å². The minimum atomic E-state index is -0.985. The van der Waals surface area contributed by atoms with Gasteiger partial charge in [0.05, 0.1) is 27.9 Å². The molecule has 2 aromatic carbocycles. The van der Waals surface area contributed by atoms with Crippen LogP contribution in [0.5, 0.6) is 0 Å². The third kappa shape index (κ3) is 8.05. The highest BCUT2D eigenvalue weighted by Crippen LogP contribution is 2.34. The third-order valence-corrected chi connectivity index (χ3v) is 13.4. The molecular formula is C42H50ClN13O6. The number of halogens is 1. The second-order valence-corrected chi connectivity index (χ2v) is 17.4. The number of amides is 7. The van der Waals surface area contributed by atoms with E-state index in [1.54, 1.807) is 23.1 Å². The van der Waals surface area contributed by atoms with Crippen molar-refractivity contribution >= 4 is 76.0 Å². The number of primary amides is 1. The molecule has 1 aromatic heterocycles. The molecule has 0 bridgehead atoms. The van der Waals surface area contributed by atoms with E-state index in [0.717, 1.165) is 87.8 Å². The van der Waals surface area contributed by atoms with Gasteiger partial charge in [-0.2, -0.15) is 4.98 Å². The number of anilines is 5.